The highest BCUT2D eigenvalue weighted by molar-refractivity contribution is 6.21. The molecule has 43 heavy (non-hydrogen) atoms. The topological polar surface area (TPSA) is 78.2 Å². The van der Waals surface area contributed by atoms with E-state index in [-0.39, 0.29) is 24.3 Å². The molecule has 0 spiro atoms. The van der Waals surface area contributed by atoms with E-state index in [1.54, 1.807) is 36.4 Å². The van der Waals surface area contributed by atoms with Gasteiger partial charge in [-0.2, -0.15) is 0 Å². The molecule has 5 rings (SSSR count). The number of nitrogens with zero attached hydrogens (tertiary/aromatic N) is 4. The minimum Gasteiger partial charge on any atom is -0.477 e. The molecule has 0 saturated carbocycles. The lowest BCUT2D eigenvalue weighted by molar-refractivity contribution is -0.0955. The zero-order valence-corrected chi connectivity index (χ0v) is 23.9. The van der Waals surface area contributed by atoms with E-state index < -0.39 is 45.3 Å². The number of carboxylic acid groups (broad SMARTS) is 1. The fourth-order valence-electron chi connectivity index (χ4n) is 5.25. The second kappa shape index (κ2) is 11.8. The molecule has 1 N–H and O–H groups in total. The molecule has 8 nitrogen and oxygen atoms in total. The highest BCUT2D eigenvalue weighted by Gasteiger charge is 2.35. The normalized spacial score (nSPS) is 14.0. The molecule has 3 aromatic carbocycles. The average molecular weight is 619 g/mol. The second-order valence-electron chi connectivity index (χ2n) is 10.4. The minimum absolute atomic E-state index is 0.153. The number of carboxylic acids is 1. The molecule has 1 aromatic heterocycles. The van der Waals surface area contributed by atoms with Gasteiger partial charge in [-0.05, 0) is 62.1 Å². The van der Waals surface area contributed by atoms with Crippen LogP contribution in [0.2, 0.25) is 0 Å². The predicted molar refractivity (Wildman–Crippen MR) is 156 cm³/mol. The Morgan fingerprint density at radius 1 is 0.977 bits per heavy atom. The molecule has 4 aromatic rings. The Balaban J connectivity index is 1.68. The van der Waals surface area contributed by atoms with Crippen molar-refractivity contribution in [2.45, 2.75) is 12.1 Å². The van der Waals surface area contributed by atoms with Gasteiger partial charge in [-0.3, -0.25) is 4.79 Å². The third kappa shape index (κ3) is 6.40. The number of alkyl halides is 3. The number of piperazine rings is 1. The first-order chi connectivity index (χ1) is 20.3. The lowest BCUT2D eigenvalue weighted by atomic mass is 10.1. The summed E-state index contributed by atoms with van der Waals surface area (Å²) in [6, 6.07) is 13.4. The number of aromatic nitrogens is 1. The molecule has 226 valence electrons. The van der Waals surface area contributed by atoms with Gasteiger partial charge in [-0.1, -0.05) is 12.1 Å². The number of ether oxygens (including phenoxy) is 1. The Hall–Kier alpha value is -4.29. The number of fused-ring (bicyclic) bond motifs is 1. The van der Waals surface area contributed by atoms with Crippen molar-refractivity contribution in [3.05, 3.63) is 93.8 Å². The molecular weight excluding hydrogens is 592 g/mol. The number of pyridine rings is 1. The Morgan fingerprint density at radius 2 is 1.56 bits per heavy atom. The number of rotatable bonds is 8. The summed E-state index contributed by atoms with van der Waals surface area (Å²) in [6.45, 7) is 1.56. The first-order valence-corrected chi connectivity index (χ1v) is 13.6. The smallest absolute Gasteiger partial charge is 0.477 e. The van der Waals surface area contributed by atoms with E-state index in [9.17, 15) is 27.9 Å². The number of benzene rings is 3. The molecule has 13 heteroatoms. The number of anilines is 2. The van der Waals surface area contributed by atoms with E-state index in [1.165, 1.54) is 21.6 Å². The largest absolute Gasteiger partial charge is 0.487 e. The Kier molecular flexibility index (Phi) is 8.26. The van der Waals surface area contributed by atoms with Crippen LogP contribution in [0.15, 0.2) is 65.6 Å². The number of hydrogen-bond donors (Lipinski definition) is 1. The van der Waals surface area contributed by atoms with Crippen LogP contribution in [-0.4, -0.2) is 66.4 Å². The Morgan fingerprint density at radius 3 is 2.12 bits per heavy atom. The highest BCUT2D eigenvalue weighted by Crippen LogP contribution is 2.43. The van der Waals surface area contributed by atoms with E-state index in [1.807, 2.05) is 23.9 Å². The zero-order valence-electron chi connectivity index (χ0n) is 23.2. The first-order valence-electron chi connectivity index (χ1n) is 13.2. The molecule has 0 amide bonds. The van der Waals surface area contributed by atoms with Crippen LogP contribution in [0.1, 0.15) is 15.9 Å². The van der Waals surface area contributed by atoms with Crippen molar-refractivity contribution in [1.29, 1.82) is 0 Å². The number of halogens is 5. The third-order valence-corrected chi connectivity index (χ3v) is 7.20. The summed E-state index contributed by atoms with van der Waals surface area (Å²) in [4.78, 5) is 30.6. The van der Waals surface area contributed by atoms with Gasteiger partial charge in [0.05, 0.1) is 5.39 Å². The fraction of sp³-hybridized carbons (Fsp3) is 0.267. The molecule has 1 aliphatic heterocycles. The van der Waals surface area contributed by atoms with Crippen LogP contribution in [0.3, 0.4) is 0 Å². The van der Waals surface area contributed by atoms with E-state index in [0.717, 1.165) is 23.5 Å². The summed E-state index contributed by atoms with van der Waals surface area (Å²) in [5, 5.41) is 9.27. The predicted octanol–water partition coefficient (Wildman–Crippen LogP) is 5.52. The molecule has 0 radical (unpaired) electrons. The van der Waals surface area contributed by atoms with Crippen molar-refractivity contribution in [3.63, 3.8) is 0 Å². The van der Waals surface area contributed by atoms with Crippen LogP contribution in [-0.2, 0) is 6.54 Å². The van der Waals surface area contributed by atoms with Crippen LogP contribution in [0.25, 0.3) is 16.6 Å². The van der Waals surface area contributed by atoms with Gasteiger partial charge in [0.1, 0.15) is 22.6 Å². The maximum Gasteiger partial charge on any atom is 0.487 e. The van der Waals surface area contributed by atoms with Gasteiger partial charge in [0.2, 0.25) is 5.43 Å². The molecular formula is C30H27ClF4N4O4. The number of aromatic carboxylic acids is 1. The van der Waals surface area contributed by atoms with Crippen LogP contribution in [0.4, 0.5) is 28.9 Å². The zero-order chi connectivity index (χ0) is 31.1. The van der Waals surface area contributed by atoms with Gasteiger partial charge in [0.25, 0.3) is 0 Å². The van der Waals surface area contributed by atoms with Gasteiger partial charge < -0.3 is 29.1 Å². The standard InChI is InChI=1S/C30H27ClF4N4O4/c1-36(2)16-18-3-7-21(8-4-18)39-17-23(29(41)42)27(40)22-15-24(33)26(28(25(22)39)43-30(31,34)35)38-13-11-37(12-14-38)20-9-5-19(32)6-10-20/h3-10,15,17H,11-14,16H2,1-2H3,(H,41,42). The number of hydrogen-bond acceptors (Lipinski definition) is 6. The van der Waals surface area contributed by atoms with Gasteiger partial charge in [0, 0.05) is 61.9 Å². The molecule has 0 unspecified atom stereocenters. The monoisotopic (exact) mass is 618 g/mol. The highest BCUT2D eigenvalue weighted by atomic mass is 35.5. The van der Waals surface area contributed by atoms with Crippen molar-refractivity contribution in [1.82, 2.24) is 9.47 Å². The van der Waals surface area contributed by atoms with Gasteiger partial charge in [-0.25, -0.2) is 13.6 Å². The second-order valence-corrected chi connectivity index (χ2v) is 10.8. The molecule has 2 heterocycles. The van der Waals surface area contributed by atoms with Crippen LogP contribution < -0.4 is 20.0 Å². The first kappa shape index (κ1) is 30.2. The van der Waals surface area contributed by atoms with Crippen LogP contribution >= 0.6 is 11.6 Å². The Bertz CT molecular complexity index is 1720. The maximum atomic E-state index is 15.9. The third-order valence-electron chi connectivity index (χ3n) is 7.12. The molecule has 0 bridgehead atoms. The van der Waals surface area contributed by atoms with Crippen molar-refractivity contribution < 1.29 is 32.2 Å². The van der Waals surface area contributed by atoms with Crippen LogP contribution in [0, 0.1) is 11.6 Å². The summed E-state index contributed by atoms with van der Waals surface area (Å²) in [6.07, 6.45) is 1.00. The van der Waals surface area contributed by atoms with Crippen LogP contribution in [0.5, 0.6) is 5.75 Å². The summed E-state index contributed by atoms with van der Waals surface area (Å²) in [5.41, 5.74) is -4.72. The minimum atomic E-state index is -4.30. The van der Waals surface area contributed by atoms with Crippen molar-refractivity contribution in [2.24, 2.45) is 0 Å². The summed E-state index contributed by atoms with van der Waals surface area (Å²) < 4.78 is 64.0. The maximum absolute atomic E-state index is 15.9. The summed E-state index contributed by atoms with van der Waals surface area (Å²) in [7, 11) is 3.77. The van der Waals surface area contributed by atoms with Gasteiger partial charge >= 0.3 is 11.5 Å². The average Bonchev–Trinajstić information content (AvgIpc) is 2.93. The van der Waals surface area contributed by atoms with E-state index >= 15 is 4.39 Å². The van der Waals surface area contributed by atoms with Crippen molar-refractivity contribution in [3.8, 4) is 11.4 Å². The molecule has 0 atom stereocenters. The van der Waals surface area contributed by atoms with E-state index in [2.05, 4.69) is 0 Å². The fourth-order valence-corrected chi connectivity index (χ4v) is 5.32. The summed E-state index contributed by atoms with van der Waals surface area (Å²) in [5.74, 6) is -3.74. The van der Waals surface area contributed by atoms with E-state index in [0.29, 0.717) is 25.3 Å². The number of carbonyl (C=O) groups is 1. The molecule has 0 aliphatic carbocycles. The Labute approximate surface area is 248 Å². The molecule has 1 saturated heterocycles. The lowest BCUT2D eigenvalue weighted by Gasteiger charge is -2.38. The van der Waals surface area contributed by atoms with Gasteiger partial charge in [-0.15, -0.1) is 8.78 Å². The van der Waals surface area contributed by atoms with Crippen molar-refractivity contribution in [2.75, 3.05) is 50.1 Å². The quantitative estimate of drug-likeness (QED) is 0.206. The summed E-state index contributed by atoms with van der Waals surface area (Å²) >= 11 is 5.21. The van der Waals surface area contributed by atoms with Crippen molar-refractivity contribution >= 4 is 39.8 Å². The van der Waals surface area contributed by atoms with Gasteiger partial charge in [0.15, 0.2) is 11.6 Å². The SMILES string of the molecule is CN(C)Cc1ccc(-n2cc(C(=O)O)c(=O)c3cc(F)c(N4CCN(c5ccc(F)cc5)CC4)c(OC(F)(F)Cl)c32)cc1. The van der Waals surface area contributed by atoms with E-state index in [4.69, 9.17) is 16.3 Å². The lowest BCUT2D eigenvalue weighted by Crippen LogP contribution is -2.47. The molecule has 1 fully saturated rings. The molecule has 1 aliphatic rings.